The van der Waals surface area contributed by atoms with Gasteiger partial charge in [-0.15, -0.1) is 0 Å². The van der Waals surface area contributed by atoms with Gasteiger partial charge in [-0.2, -0.15) is 0 Å². The highest BCUT2D eigenvalue weighted by molar-refractivity contribution is 7.91. The van der Waals surface area contributed by atoms with Gasteiger partial charge in [0, 0.05) is 36.1 Å². The largest absolute Gasteiger partial charge is 0.384 e. The Labute approximate surface area is 188 Å². The predicted octanol–water partition coefficient (Wildman–Crippen LogP) is 3.27. The Morgan fingerprint density at radius 3 is 2.44 bits per heavy atom. The summed E-state index contributed by atoms with van der Waals surface area (Å²) in [6.45, 7) is 3.72. The molecule has 1 amide bonds. The predicted molar refractivity (Wildman–Crippen MR) is 126 cm³/mol. The van der Waals surface area contributed by atoms with Crippen LogP contribution in [0.1, 0.15) is 35.8 Å². The zero-order chi connectivity index (χ0) is 22.9. The minimum absolute atomic E-state index is 0.0746. The zero-order valence-corrected chi connectivity index (χ0v) is 18.9. The third kappa shape index (κ3) is 4.41. The number of amides is 1. The molecule has 1 aliphatic rings. The second kappa shape index (κ2) is 8.78. The molecule has 3 aromatic rings. The summed E-state index contributed by atoms with van der Waals surface area (Å²) < 4.78 is 27.6. The highest BCUT2D eigenvalue weighted by Gasteiger charge is 2.26. The van der Waals surface area contributed by atoms with E-state index in [0.29, 0.717) is 35.8 Å². The Kier molecular flexibility index (Phi) is 6.06. The van der Waals surface area contributed by atoms with Crippen molar-refractivity contribution >= 4 is 32.5 Å². The number of nitrogens with two attached hydrogens (primary N) is 1. The topological polar surface area (TPSA) is 109 Å². The van der Waals surface area contributed by atoms with E-state index in [1.165, 1.54) is 0 Å². The van der Waals surface area contributed by atoms with E-state index in [2.05, 4.69) is 6.92 Å². The zero-order valence-electron chi connectivity index (χ0n) is 18.1. The van der Waals surface area contributed by atoms with E-state index in [-0.39, 0.29) is 28.9 Å². The molecule has 32 heavy (non-hydrogen) atoms. The highest BCUT2D eigenvalue weighted by atomic mass is 32.2. The Bertz CT molecular complexity index is 1260. The number of nitrogens with one attached hydrogen (secondary N) is 1. The van der Waals surface area contributed by atoms with Crippen LogP contribution >= 0.6 is 0 Å². The number of sulfone groups is 1. The number of aromatic nitrogens is 1. The minimum Gasteiger partial charge on any atom is -0.384 e. The molecule has 0 spiro atoms. The molecule has 4 rings (SSSR count). The Morgan fingerprint density at radius 2 is 1.78 bits per heavy atom. The van der Waals surface area contributed by atoms with Crippen LogP contribution in [0.4, 0.5) is 0 Å². The first-order valence-corrected chi connectivity index (χ1v) is 12.5. The average molecular weight is 453 g/mol. The minimum atomic E-state index is -3.52. The fourth-order valence-electron chi connectivity index (χ4n) is 4.17. The van der Waals surface area contributed by atoms with Gasteiger partial charge in [0.05, 0.1) is 10.6 Å². The molecule has 0 unspecified atom stereocenters. The van der Waals surface area contributed by atoms with Gasteiger partial charge in [0.15, 0.2) is 9.84 Å². The average Bonchev–Trinajstić information content (AvgIpc) is 3.16. The van der Waals surface area contributed by atoms with Crippen molar-refractivity contribution in [2.24, 2.45) is 11.7 Å². The number of carbonyl (C=O) groups is 1. The monoisotopic (exact) mass is 452 g/mol. The molecule has 0 bridgehead atoms. The second-order valence-electron chi connectivity index (χ2n) is 8.48. The molecule has 7 nitrogen and oxygen atoms in total. The quantitative estimate of drug-likeness (QED) is 0.442. The van der Waals surface area contributed by atoms with Gasteiger partial charge in [0.1, 0.15) is 11.5 Å². The van der Waals surface area contributed by atoms with Crippen LogP contribution in [-0.2, 0) is 16.4 Å². The summed E-state index contributed by atoms with van der Waals surface area (Å²) >= 11 is 0. The molecule has 0 aliphatic carbocycles. The van der Waals surface area contributed by atoms with E-state index in [9.17, 15) is 13.2 Å². The number of hydrogen-bond acceptors (Lipinski definition) is 4. The van der Waals surface area contributed by atoms with Crippen LogP contribution in [0, 0.1) is 11.3 Å². The molecule has 0 saturated carbocycles. The first kappa shape index (κ1) is 22.1. The molecule has 1 fully saturated rings. The number of aryl methyl sites for hydroxylation is 1. The highest BCUT2D eigenvalue weighted by Crippen LogP contribution is 2.25. The summed E-state index contributed by atoms with van der Waals surface area (Å²) in [5.74, 6) is 0.297. The fourth-order valence-corrected chi connectivity index (χ4v) is 5.40. The van der Waals surface area contributed by atoms with Crippen molar-refractivity contribution in [3.8, 4) is 0 Å². The van der Waals surface area contributed by atoms with Gasteiger partial charge in [0.2, 0.25) is 0 Å². The van der Waals surface area contributed by atoms with Crippen LogP contribution in [0.25, 0.3) is 10.9 Å². The molecule has 168 valence electrons. The summed E-state index contributed by atoms with van der Waals surface area (Å²) in [6, 6.07) is 15.5. The molecule has 0 radical (unpaired) electrons. The standard InChI is InChI=1S/C24H28N4O3S/c1-17-9-11-27(12-10-17)24(29)22-15-18-7-8-19(23(25)26)16-21(18)28(22)13-14-32(30,31)20-5-3-2-4-6-20/h2-8,15-17H,9-14H2,1H3,(H3,25,26). The molecule has 3 N–H and O–H groups in total. The van der Waals surface area contributed by atoms with E-state index >= 15 is 0 Å². The molecule has 0 atom stereocenters. The summed E-state index contributed by atoms with van der Waals surface area (Å²) in [7, 11) is -3.52. The summed E-state index contributed by atoms with van der Waals surface area (Å²) in [4.78, 5) is 15.5. The third-order valence-corrected chi connectivity index (χ3v) is 7.90. The molecule has 2 heterocycles. The van der Waals surface area contributed by atoms with Gasteiger partial charge in [0.25, 0.3) is 5.91 Å². The number of benzene rings is 2. The Balaban J connectivity index is 1.72. The lowest BCUT2D eigenvalue weighted by Crippen LogP contribution is -2.39. The molecular weight excluding hydrogens is 424 g/mol. The number of likely N-dealkylation sites (tertiary alicyclic amines) is 1. The van der Waals surface area contributed by atoms with Gasteiger partial charge >= 0.3 is 0 Å². The lowest BCUT2D eigenvalue weighted by molar-refractivity contribution is 0.0687. The molecule has 1 aliphatic heterocycles. The van der Waals surface area contributed by atoms with Crippen LogP contribution in [-0.4, -0.2) is 48.5 Å². The van der Waals surface area contributed by atoms with Crippen LogP contribution in [0.5, 0.6) is 0 Å². The van der Waals surface area contributed by atoms with E-state index < -0.39 is 9.84 Å². The van der Waals surface area contributed by atoms with Crippen LogP contribution < -0.4 is 5.73 Å². The molecule has 8 heteroatoms. The first-order chi connectivity index (χ1) is 15.3. The number of carbonyl (C=O) groups excluding carboxylic acids is 1. The summed E-state index contributed by atoms with van der Waals surface area (Å²) in [5.41, 5.74) is 7.38. The third-order valence-electron chi connectivity index (χ3n) is 6.19. The normalized spacial score (nSPS) is 15.2. The fraction of sp³-hybridized carbons (Fsp3) is 0.333. The lowest BCUT2D eigenvalue weighted by atomic mass is 9.99. The number of nitrogens with zero attached hydrogens (tertiary/aromatic N) is 2. The molecule has 1 aromatic heterocycles. The Morgan fingerprint density at radius 1 is 1.09 bits per heavy atom. The maximum absolute atomic E-state index is 13.4. The van der Waals surface area contributed by atoms with Crippen molar-refractivity contribution in [1.82, 2.24) is 9.47 Å². The maximum atomic E-state index is 13.4. The van der Waals surface area contributed by atoms with Gasteiger partial charge < -0.3 is 15.2 Å². The summed E-state index contributed by atoms with van der Waals surface area (Å²) in [5, 5.41) is 8.58. The van der Waals surface area contributed by atoms with E-state index in [4.69, 9.17) is 11.1 Å². The van der Waals surface area contributed by atoms with Crippen molar-refractivity contribution < 1.29 is 13.2 Å². The van der Waals surface area contributed by atoms with Gasteiger partial charge in [-0.05, 0) is 43.0 Å². The molecule has 1 saturated heterocycles. The number of fused-ring (bicyclic) bond motifs is 1. The van der Waals surface area contributed by atoms with Gasteiger partial charge in [-0.25, -0.2) is 8.42 Å². The van der Waals surface area contributed by atoms with Crippen LogP contribution in [0.2, 0.25) is 0 Å². The van der Waals surface area contributed by atoms with Crippen molar-refractivity contribution in [1.29, 1.82) is 5.41 Å². The van der Waals surface area contributed by atoms with Crippen molar-refractivity contribution in [2.45, 2.75) is 31.2 Å². The van der Waals surface area contributed by atoms with Gasteiger partial charge in [-0.1, -0.05) is 37.3 Å². The smallest absolute Gasteiger partial charge is 0.270 e. The van der Waals surface area contributed by atoms with Crippen LogP contribution in [0.3, 0.4) is 0 Å². The number of hydrogen-bond donors (Lipinski definition) is 2. The second-order valence-corrected chi connectivity index (χ2v) is 10.6. The molecular formula is C24H28N4O3S. The lowest BCUT2D eigenvalue weighted by Gasteiger charge is -2.30. The molecule has 2 aromatic carbocycles. The van der Waals surface area contributed by atoms with Crippen molar-refractivity contribution in [2.75, 3.05) is 18.8 Å². The van der Waals surface area contributed by atoms with Crippen molar-refractivity contribution in [3.05, 3.63) is 65.9 Å². The summed E-state index contributed by atoms with van der Waals surface area (Å²) in [6.07, 6.45) is 1.92. The van der Waals surface area contributed by atoms with E-state index in [1.54, 1.807) is 47.0 Å². The maximum Gasteiger partial charge on any atom is 0.270 e. The Hall–Kier alpha value is -3.13. The number of piperidine rings is 1. The number of rotatable bonds is 6. The van der Waals surface area contributed by atoms with E-state index in [0.717, 1.165) is 18.2 Å². The van der Waals surface area contributed by atoms with E-state index in [1.807, 2.05) is 17.0 Å². The number of nitrogen functional groups attached to an aromatic ring is 1. The van der Waals surface area contributed by atoms with Crippen molar-refractivity contribution in [3.63, 3.8) is 0 Å². The SMILES string of the molecule is CC1CCN(C(=O)c2cc3ccc(C(=N)N)cc3n2CCS(=O)(=O)c2ccccc2)CC1. The van der Waals surface area contributed by atoms with Crippen LogP contribution in [0.15, 0.2) is 59.5 Å². The number of amidine groups is 1. The van der Waals surface area contributed by atoms with Gasteiger partial charge in [-0.3, -0.25) is 10.2 Å². The first-order valence-electron chi connectivity index (χ1n) is 10.8.